The summed E-state index contributed by atoms with van der Waals surface area (Å²) in [5.41, 5.74) is 4.80. The van der Waals surface area contributed by atoms with Gasteiger partial charge in [-0.3, -0.25) is 4.79 Å². The van der Waals surface area contributed by atoms with Gasteiger partial charge in [-0.2, -0.15) is 0 Å². The molecule has 3 N–H and O–H groups in total. The second-order valence-electron chi connectivity index (χ2n) is 0.864. The van der Waals surface area contributed by atoms with Gasteiger partial charge in [0, 0.05) is 0 Å². The number of carboxylic acid groups (broad SMARTS) is 1. The van der Waals surface area contributed by atoms with Crippen molar-refractivity contribution in [1.29, 1.82) is 0 Å². The van der Waals surface area contributed by atoms with E-state index in [1.165, 1.54) is 0 Å². The van der Waals surface area contributed by atoms with Crippen LogP contribution in [0.25, 0.3) is 0 Å². The molecular weight excluding hydrogens is 101 g/mol. The Bertz CT molecular complexity index is 62.6. The highest BCUT2D eigenvalue weighted by atomic mass is 31.0. The largest absolute Gasteiger partial charge is 0.480 e. The highest BCUT2D eigenvalue weighted by Gasteiger charge is 1.99. The number of hydrogen-bond acceptors (Lipinski definition) is 2. The molecule has 0 saturated heterocycles. The molecule has 0 aliphatic carbocycles. The molecule has 0 aliphatic heterocycles. The van der Waals surface area contributed by atoms with Gasteiger partial charge in [-0.05, 0) is 0 Å². The Balaban J connectivity index is 3.26. The number of nitrogens with two attached hydrogens (primary N) is 1. The van der Waals surface area contributed by atoms with Crippen molar-refractivity contribution in [2.45, 2.75) is 5.78 Å². The Kier molecular flexibility index (Phi) is 2.06. The van der Waals surface area contributed by atoms with E-state index < -0.39 is 11.8 Å². The standard InChI is InChI=1S/C2H6NO2P/c3-1(6)2(4)5/h1H,3,6H2,(H,4,5)/t1-/m0/s1. The van der Waals surface area contributed by atoms with Crippen molar-refractivity contribution in [2.75, 3.05) is 0 Å². The lowest BCUT2D eigenvalue weighted by Crippen LogP contribution is -2.21. The van der Waals surface area contributed by atoms with E-state index in [9.17, 15) is 4.79 Å². The lowest BCUT2D eigenvalue weighted by atomic mass is 10.7. The zero-order valence-corrected chi connectivity index (χ0v) is 4.24. The molecule has 2 atom stereocenters. The third-order valence-electron chi connectivity index (χ3n) is 0.285. The van der Waals surface area contributed by atoms with E-state index in [4.69, 9.17) is 10.8 Å². The molecule has 0 fully saturated rings. The predicted molar refractivity (Wildman–Crippen MR) is 25.3 cm³/mol. The normalized spacial score (nSPS) is 13.7. The molecule has 0 aromatic carbocycles. The van der Waals surface area contributed by atoms with E-state index in [1.54, 1.807) is 0 Å². The van der Waals surface area contributed by atoms with Gasteiger partial charge in [0.2, 0.25) is 0 Å². The molecule has 4 heteroatoms. The quantitative estimate of drug-likeness (QED) is 0.432. The fourth-order valence-electron chi connectivity index (χ4n) is 0. The number of rotatable bonds is 1. The number of aliphatic carboxylic acids is 1. The summed E-state index contributed by atoms with van der Waals surface area (Å²) in [7, 11) is 1.95. The molecule has 0 radical (unpaired) electrons. The lowest BCUT2D eigenvalue weighted by Gasteiger charge is -1.90. The Labute approximate surface area is 37.7 Å². The summed E-state index contributed by atoms with van der Waals surface area (Å²) in [6.07, 6.45) is 0. The molecule has 0 amide bonds. The molecule has 36 valence electrons. The van der Waals surface area contributed by atoms with Crippen LogP contribution in [0.5, 0.6) is 0 Å². The minimum absolute atomic E-state index is 0.815. The first-order valence-corrected chi connectivity index (χ1v) is 2.05. The van der Waals surface area contributed by atoms with Crippen molar-refractivity contribution in [1.82, 2.24) is 0 Å². The van der Waals surface area contributed by atoms with Crippen LogP contribution in [0, 0.1) is 0 Å². The van der Waals surface area contributed by atoms with Crippen molar-refractivity contribution < 1.29 is 9.90 Å². The summed E-state index contributed by atoms with van der Waals surface area (Å²) in [5.74, 6) is -1.81. The van der Waals surface area contributed by atoms with Crippen molar-refractivity contribution in [3.05, 3.63) is 0 Å². The molecule has 0 aliphatic rings. The second-order valence-corrected chi connectivity index (χ2v) is 1.58. The van der Waals surface area contributed by atoms with E-state index >= 15 is 0 Å². The van der Waals surface area contributed by atoms with Crippen molar-refractivity contribution in [3.8, 4) is 0 Å². The molecule has 0 saturated carbocycles. The topological polar surface area (TPSA) is 63.3 Å². The maximum absolute atomic E-state index is 9.55. The smallest absolute Gasteiger partial charge is 0.324 e. The Morgan fingerprint density at radius 1 is 2.00 bits per heavy atom. The molecule has 3 nitrogen and oxygen atoms in total. The van der Waals surface area contributed by atoms with Gasteiger partial charge in [0.15, 0.2) is 0 Å². The SMILES string of the molecule is N[C@@H](P)C(=O)O. The summed E-state index contributed by atoms with van der Waals surface area (Å²) in [6, 6.07) is 0. The molecule has 0 bridgehead atoms. The molecule has 0 aromatic rings. The van der Waals surface area contributed by atoms with Gasteiger partial charge in [0.25, 0.3) is 0 Å². The Morgan fingerprint density at radius 2 is 2.17 bits per heavy atom. The van der Waals surface area contributed by atoms with E-state index in [-0.39, 0.29) is 0 Å². The number of hydrogen-bond donors (Lipinski definition) is 2. The highest BCUT2D eigenvalue weighted by Crippen LogP contribution is 1.86. The zero-order chi connectivity index (χ0) is 5.15. The van der Waals surface area contributed by atoms with Crippen molar-refractivity contribution in [3.63, 3.8) is 0 Å². The third-order valence-corrected chi connectivity index (χ3v) is 0.570. The number of carboxylic acids is 1. The van der Waals surface area contributed by atoms with E-state index in [0.717, 1.165) is 0 Å². The zero-order valence-electron chi connectivity index (χ0n) is 3.09. The summed E-state index contributed by atoms with van der Waals surface area (Å²) in [4.78, 5) is 9.55. The second kappa shape index (κ2) is 2.11. The van der Waals surface area contributed by atoms with Crippen LogP contribution >= 0.6 is 9.24 Å². The molecule has 0 spiro atoms. The predicted octanol–water partition coefficient (Wildman–Crippen LogP) is -0.769. The summed E-state index contributed by atoms with van der Waals surface area (Å²) < 4.78 is 0. The summed E-state index contributed by atoms with van der Waals surface area (Å²) in [6.45, 7) is 0. The maximum Gasteiger partial charge on any atom is 0.324 e. The lowest BCUT2D eigenvalue weighted by molar-refractivity contribution is -0.136. The van der Waals surface area contributed by atoms with Gasteiger partial charge in [-0.15, -0.1) is 9.24 Å². The number of carbonyl (C=O) groups is 1. The molecule has 0 heterocycles. The summed E-state index contributed by atoms with van der Waals surface area (Å²) >= 11 is 0. The fraction of sp³-hybridized carbons (Fsp3) is 0.500. The molecule has 6 heavy (non-hydrogen) atoms. The van der Waals surface area contributed by atoms with Gasteiger partial charge >= 0.3 is 5.97 Å². The van der Waals surface area contributed by atoms with E-state index in [2.05, 4.69) is 0 Å². The van der Waals surface area contributed by atoms with E-state index in [1.807, 2.05) is 9.24 Å². The molecule has 0 aromatic heterocycles. The minimum atomic E-state index is -1.000. The third kappa shape index (κ3) is 2.12. The van der Waals surface area contributed by atoms with Crippen LogP contribution < -0.4 is 5.73 Å². The van der Waals surface area contributed by atoms with Crippen LogP contribution in [-0.4, -0.2) is 16.9 Å². The van der Waals surface area contributed by atoms with Crippen molar-refractivity contribution >= 4 is 15.2 Å². The molecule has 0 rings (SSSR count). The first-order chi connectivity index (χ1) is 2.64. The monoisotopic (exact) mass is 107 g/mol. The first kappa shape index (κ1) is 5.86. The van der Waals surface area contributed by atoms with Crippen LogP contribution in [0.15, 0.2) is 0 Å². The molecular formula is C2H6NO2P. The fourth-order valence-corrected chi connectivity index (χ4v) is 0. The van der Waals surface area contributed by atoms with Crippen LogP contribution in [0.3, 0.4) is 0 Å². The first-order valence-electron chi connectivity index (χ1n) is 1.38. The van der Waals surface area contributed by atoms with Gasteiger partial charge in [0.05, 0.1) is 0 Å². The Hall–Kier alpha value is -0.140. The van der Waals surface area contributed by atoms with Gasteiger partial charge in [-0.1, -0.05) is 0 Å². The maximum atomic E-state index is 9.55. The average Bonchev–Trinajstić information content (AvgIpc) is 1.36. The van der Waals surface area contributed by atoms with E-state index in [0.29, 0.717) is 0 Å². The van der Waals surface area contributed by atoms with Crippen molar-refractivity contribution in [2.24, 2.45) is 5.73 Å². The highest BCUT2D eigenvalue weighted by molar-refractivity contribution is 7.19. The van der Waals surface area contributed by atoms with Gasteiger partial charge in [0.1, 0.15) is 5.78 Å². The minimum Gasteiger partial charge on any atom is -0.480 e. The Morgan fingerprint density at radius 3 is 2.17 bits per heavy atom. The van der Waals surface area contributed by atoms with Gasteiger partial charge in [-0.25, -0.2) is 0 Å². The van der Waals surface area contributed by atoms with Crippen LogP contribution in [-0.2, 0) is 4.79 Å². The molecule has 1 unspecified atom stereocenters. The summed E-state index contributed by atoms with van der Waals surface area (Å²) in [5, 5.41) is 7.84. The van der Waals surface area contributed by atoms with Crippen LogP contribution in [0.2, 0.25) is 0 Å². The van der Waals surface area contributed by atoms with Crippen LogP contribution in [0.1, 0.15) is 0 Å². The average molecular weight is 107 g/mol. The van der Waals surface area contributed by atoms with Gasteiger partial charge < -0.3 is 10.8 Å². The van der Waals surface area contributed by atoms with Crippen LogP contribution in [0.4, 0.5) is 0 Å².